The molecule has 2 nitrogen and oxygen atoms in total. The number of hydrogen-bond acceptors (Lipinski definition) is 2. The molecule has 0 saturated heterocycles. The summed E-state index contributed by atoms with van der Waals surface area (Å²) in [6.07, 6.45) is 4.81. The minimum Gasteiger partial charge on any atom is -0.303 e. The molecular weight excluding hydrogens is 210 g/mol. The smallest absolute Gasteiger partial charge is 0.123 e. The van der Waals surface area contributed by atoms with E-state index in [9.17, 15) is 4.79 Å². The van der Waals surface area contributed by atoms with Crippen molar-refractivity contribution in [3.05, 3.63) is 42.6 Å². The number of benzene rings is 1. The minimum absolute atomic E-state index is 0.306. The Labute approximate surface area is 103 Å². The van der Waals surface area contributed by atoms with E-state index in [2.05, 4.69) is 17.1 Å². The Balaban J connectivity index is 0.000000185. The molecule has 0 atom stereocenters. The van der Waals surface area contributed by atoms with Crippen LogP contribution in [-0.2, 0) is 4.79 Å². The van der Waals surface area contributed by atoms with Crippen LogP contribution in [0.3, 0.4) is 0 Å². The predicted molar refractivity (Wildman–Crippen MR) is 71.9 cm³/mol. The number of carbonyl (C=O) groups excluding carboxylic acids is 1. The molecule has 17 heavy (non-hydrogen) atoms. The number of fused-ring (bicyclic) bond motifs is 1. The van der Waals surface area contributed by atoms with Gasteiger partial charge in [0.05, 0.1) is 5.52 Å². The fourth-order valence-corrected chi connectivity index (χ4v) is 1.50. The number of aldehydes is 1. The number of hydrogen-bond donors (Lipinski definition) is 0. The van der Waals surface area contributed by atoms with Crippen molar-refractivity contribution in [2.45, 2.75) is 26.7 Å². The highest BCUT2D eigenvalue weighted by Crippen LogP contribution is 2.07. The highest BCUT2D eigenvalue weighted by Gasteiger charge is 1.96. The van der Waals surface area contributed by atoms with E-state index in [0.29, 0.717) is 5.92 Å². The lowest BCUT2D eigenvalue weighted by Crippen LogP contribution is -1.95. The fraction of sp³-hybridized carbons (Fsp3) is 0.333. The van der Waals surface area contributed by atoms with Gasteiger partial charge >= 0.3 is 0 Å². The summed E-state index contributed by atoms with van der Waals surface area (Å²) in [5.74, 6) is 0.306. The molecule has 0 aliphatic heterocycles. The van der Waals surface area contributed by atoms with Gasteiger partial charge in [0.1, 0.15) is 6.29 Å². The van der Waals surface area contributed by atoms with Crippen LogP contribution < -0.4 is 0 Å². The highest BCUT2D eigenvalue weighted by molar-refractivity contribution is 5.77. The zero-order chi connectivity index (χ0) is 12.5. The van der Waals surface area contributed by atoms with Crippen molar-refractivity contribution in [2.75, 3.05) is 0 Å². The lowest BCUT2D eigenvalue weighted by atomic mass is 10.1. The first-order valence-corrected chi connectivity index (χ1v) is 6.06. The zero-order valence-corrected chi connectivity index (χ0v) is 10.5. The van der Waals surface area contributed by atoms with Crippen LogP contribution >= 0.6 is 0 Å². The molecule has 0 fully saturated rings. The lowest BCUT2D eigenvalue weighted by molar-refractivity contribution is -0.111. The molecule has 0 unspecified atom stereocenters. The molecule has 2 heteroatoms. The molecule has 2 aromatic rings. The molecule has 0 aliphatic rings. The number of pyridine rings is 1. The van der Waals surface area contributed by atoms with Crippen molar-refractivity contribution < 1.29 is 4.79 Å². The second-order valence-corrected chi connectivity index (χ2v) is 3.91. The average Bonchev–Trinajstić information content (AvgIpc) is 2.42. The Morgan fingerprint density at radius 1 is 1.12 bits per heavy atom. The molecule has 0 radical (unpaired) electrons. The first-order chi connectivity index (χ1) is 8.31. The molecule has 0 amide bonds. The summed E-state index contributed by atoms with van der Waals surface area (Å²) in [4.78, 5) is 14.1. The SMILES string of the molecule is CCC(C=O)CC.c1ccc2ncccc2c1. The first-order valence-electron chi connectivity index (χ1n) is 6.06. The van der Waals surface area contributed by atoms with Crippen LogP contribution in [0.15, 0.2) is 42.6 Å². The average molecular weight is 229 g/mol. The molecule has 90 valence electrons. The number of rotatable bonds is 3. The summed E-state index contributed by atoms with van der Waals surface area (Å²) in [6.45, 7) is 4.06. The van der Waals surface area contributed by atoms with Gasteiger partial charge in [-0.1, -0.05) is 38.1 Å². The lowest BCUT2D eigenvalue weighted by Gasteiger charge is -1.97. The molecule has 0 N–H and O–H groups in total. The van der Waals surface area contributed by atoms with E-state index in [0.717, 1.165) is 24.6 Å². The predicted octanol–water partition coefficient (Wildman–Crippen LogP) is 3.86. The van der Waals surface area contributed by atoms with E-state index in [1.54, 1.807) is 0 Å². The molecule has 0 aliphatic carbocycles. The quantitative estimate of drug-likeness (QED) is 0.748. The minimum atomic E-state index is 0.306. The normalized spacial score (nSPS) is 9.82. The summed E-state index contributed by atoms with van der Waals surface area (Å²) < 4.78 is 0. The molecular formula is C15H19NO. The monoisotopic (exact) mass is 229 g/mol. The van der Waals surface area contributed by atoms with Gasteiger partial charge in [-0.25, -0.2) is 0 Å². The Morgan fingerprint density at radius 2 is 1.76 bits per heavy atom. The van der Waals surface area contributed by atoms with Crippen LogP contribution in [0.4, 0.5) is 0 Å². The van der Waals surface area contributed by atoms with Crippen molar-refractivity contribution in [1.82, 2.24) is 4.98 Å². The van der Waals surface area contributed by atoms with Crippen LogP contribution in [0.1, 0.15) is 26.7 Å². The highest BCUT2D eigenvalue weighted by atomic mass is 16.1. The van der Waals surface area contributed by atoms with Gasteiger partial charge in [0.2, 0.25) is 0 Å². The van der Waals surface area contributed by atoms with Crippen LogP contribution in [0, 0.1) is 5.92 Å². The third kappa shape index (κ3) is 4.35. The first kappa shape index (κ1) is 13.4. The Bertz CT molecular complexity index is 384. The van der Waals surface area contributed by atoms with Crippen LogP contribution in [0.25, 0.3) is 10.9 Å². The summed E-state index contributed by atoms with van der Waals surface area (Å²) in [6, 6.07) is 12.1. The second kappa shape index (κ2) is 7.55. The molecule has 1 heterocycles. The number of nitrogens with zero attached hydrogens (tertiary/aromatic N) is 1. The van der Waals surface area contributed by atoms with E-state index >= 15 is 0 Å². The van der Waals surface area contributed by atoms with E-state index in [4.69, 9.17) is 0 Å². The van der Waals surface area contributed by atoms with Gasteiger partial charge in [-0.15, -0.1) is 0 Å². The van der Waals surface area contributed by atoms with E-state index in [1.165, 1.54) is 5.39 Å². The van der Waals surface area contributed by atoms with Gasteiger partial charge in [-0.2, -0.15) is 0 Å². The standard InChI is InChI=1S/C9H7N.C6H12O/c1-2-6-9-8(4-1)5-3-7-10-9;1-3-6(4-2)5-7/h1-7H;5-6H,3-4H2,1-2H3. The van der Waals surface area contributed by atoms with Gasteiger partial charge in [0.15, 0.2) is 0 Å². The largest absolute Gasteiger partial charge is 0.303 e. The van der Waals surface area contributed by atoms with Crippen molar-refractivity contribution in [3.8, 4) is 0 Å². The molecule has 0 saturated carbocycles. The van der Waals surface area contributed by atoms with Crippen molar-refractivity contribution in [1.29, 1.82) is 0 Å². The van der Waals surface area contributed by atoms with E-state index in [1.807, 2.05) is 44.3 Å². The number of aromatic nitrogens is 1. The van der Waals surface area contributed by atoms with Crippen molar-refractivity contribution in [2.24, 2.45) is 5.92 Å². The van der Waals surface area contributed by atoms with Gasteiger partial charge in [0, 0.05) is 17.5 Å². The van der Waals surface area contributed by atoms with Gasteiger partial charge in [0.25, 0.3) is 0 Å². The summed E-state index contributed by atoms with van der Waals surface area (Å²) in [5, 5.41) is 1.20. The molecule has 0 bridgehead atoms. The van der Waals surface area contributed by atoms with Crippen LogP contribution in [-0.4, -0.2) is 11.3 Å². The fourth-order valence-electron chi connectivity index (χ4n) is 1.50. The topological polar surface area (TPSA) is 30.0 Å². The van der Waals surface area contributed by atoms with Crippen LogP contribution in [0.5, 0.6) is 0 Å². The van der Waals surface area contributed by atoms with E-state index in [-0.39, 0.29) is 0 Å². The van der Waals surface area contributed by atoms with Crippen molar-refractivity contribution in [3.63, 3.8) is 0 Å². The second-order valence-electron chi connectivity index (χ2n) is 3.91. The zero-order valence-electron chi connectivity index (χ0n) is 10.5. The summed E-state index contributed by atoms with van der Waals surface area (Å²) in [5.41, 5.74) is 1.06. The molecule has 1 aromatic carbocycles. The molecule has 1 aromatic heterocycles. The third-order valence-electron chi connectivity index (χ3n) is 2.75. The Morgan fingerprint density at radius 3 is 2.29 bits per heavy atom. The maximum Gasteiger partial charge on any atom is 0.123 e. The summed E-state index contributed by atoms with van der Waals surface area (Å²) >= 11 is 0. The van der Waals surface area contributed by atoms with E-state index < -0.39 is 0 Å². The molecule has 0 spiro atoms. The van der Waals surface area contributed by atoms with Gasteiger partial charge in [-0.3, -0.25) is 4.98 Å². The van der Waals surface area contributed by atoms with Crippen molar-refractivity contribution >= 4 is 17.2 Å². The maximum atomic E-state index is 9.97. The number of carbonyl (C=O) groups is 1. The van der Waals surface area contributed by atoms with Gasteiger partial charge < -0.3 is 4.79 Å². The third-order valence-corrected chi connectivity index (χ3v) is 2.75. The maximum absolute atomic E-state index is 9.97. The Hall–Kier alpha value is -1.70. The van der Waals surface area contributed by atoms with Crippen LogP contribution in [0.2, 0.25) is 0 Å². The van der Waals surface area contributed by atoms with Gasteiger partial charge in [-0.05, 0) is 25.0 Å². The molecule has 2 rings (SSSR count). The number of para-hydroxylation sites is 1. The Kier molecular flexibility index (Phi) is 5.94. The summed E-state index contributed by atoms with van der Waals surface area (Å²) in [7, 11) is 0.